The molecule has 2 amide bonds. The molecule has 3 N–H and O–H groups in total. The minimum atomic E-state index is -1.09. The summed E-state index contributed by atoms with van der Waals surface area (Å²) in [6.45, 7) is 0. The zero-order valence-electron chi connectivity index (χ0n) is 18.8. The van der Waals surface area contributed by atoms with Gasteiger partial charge in [-0.15, -0.1) is 11.8 Å². The molecule has 0 spiro atoms. The van der Waals surface area contributed by atoms with Crippen molar-refractivity contribution in [2.45, 2.75) is 4.90 Å². The predicted octanol–water partition coefficient (Wildman–Crippen LogP) is 5.53. The highest BCUT2D eigenvalue weighted by Gasteiger charge is 2.16. The number of hydrogen-bond donors (Lipinski definition) is 3. The van der Waals surface area contributed by atoms with E-state index in [9.17, 15) is 19.5 Å². The first-order valence-electron chi connectivity index (χ1n) is 10.7. The maximum absolute atomic E-state index is 13.0. The van der Waals surface area contributed by atoms with Crippen molar-refractivity contribution in [1.82, 2.24) is 0 Å². The Morgan fingerprint density at radius 2 is 1.51 bits per heavy atom. The lowest BCUT2D eigenvalue weighted by Crippen LogP contribution is -2.14. The van der Waals surface area contributed by atoms with Crippen LogP contribution >= 0.6 is 11.8 Å². The van der Waals surface area contributed by atoms with Gasteiger partial charge in [0.2, 0.25) is 5.91 Å². The lowest BCUT2D eigenvalue weighted by Gasteiger charge is -2.11. The second-order valence-electron chi connectivity index (χ2n) is 7.53. The van der Waals surface area contributed by atoms with Gasteiger partial charge in [-0.25, -0.2) is 4.79 Å². The highest BCUT2D eigenvalue weighted by molar-refractivity contribution is 8.00. The van der Waals surface area contributed by atoms with E-state index in [2.05, 4.69) is 10.6 Å². The Bertz CT molecular complexity index is 1400. The van der Waals surface area contributed by atoms with Crippen molar-refractivity contribution in [2.24, 2.45) is 0 Å². The van der Waals surface area contributed by atoms with Gasteiger partial charge in [-0.1, -0.05) is 36.4 Å². The highest BCUT2D eigenvalue weighted by atomic mass is 32.2. The van der Waals surface area contributed by atoms with Gasteiger partial charge in [0.05, 0.1) is 24.1 Å². The molecule has 0 fully saturated rings. The molecule has 0 aliphatic carbocycles. The van der Waals surface area contributed by atoms with Crippen LogP contribution in [0, 0.1) is 0 Å². The van der Waals surface area contributed by atoms with Gasteiger partial charge in [0.25, 0.3) is 5.91 Å². The zero-order chi connectivity index (χ0) is 24.8. The zero-order valence-corrected chi connectivity index (χ0v) is 19.6. The summed E-state index contributed by atoms with van der Waals surface area (Å²) in [6, 6.07) is 24.3. The molecule has 0 saturated carbocycles. The summed E-state index contributed by atoms with van der Waals surface area (Å²) in [5, 5.41) is 16.3. The lowest BCUT2D eigenvalue weighted by molar-refractivity contribution is -0.113. The molecule has 176 valence electrons. The first kappa shape index (κ1) is 23.8. The number of methoxy groups -OCH3 is 1. The SMILES string of the molecule is COc1ccccc1NC(=O)CSc1ccc(NC(=O)c2cccc3cccc(C(=O)O)c23)cc1. The summed E-state index contributed by atoms with van der Waals surface area (Å²) in [5.74, 6) is -0.861. The summed E-state index contributed by atoms with van der Waals surface area (Å²) < 4.78 is 5.24. The number of ether oxygens (including phenoxy) is 1. The molecule has 0 unspecified atom stereocenters. The maximum atomic E-state index is 13.0. The van der Waals surface area contributed by atoms with Crippen molar-refractivity contribution in [1.29, 1.82) is 0 Å². The van der Waals surface area contributed by atoms with Crippen molar-refractivity contribution in [3.8, 4) is 5.75 Å². The Morgan fingerprint density at radius 1 is 0.829 bits per heavy atom. The molecule has 0 aromatic heterocycles. The van der Waals surface area contributed by atoms with Gasteiger partial charge in [0.15, 0.2) is 0 Å². The predicted molar refractivity (Wildman–Crippen MR) is 138 cm³/mol. The molecule has 0 aliphatic heterocycles. The number of aromatic carboxylic acids is 1. The summed E-state index contributed by atoms with van der Waals surface area (Å²) in [6.07, 6.45) is 0. The number of carbonyl (C=O) groups is 3. The van der Waals surface area contributed by atoms with E-state index in [0.717, 1.165) is 4.90 Å². The van der Waals surface area contributed by atoms with Crippen LogP contribution in [-0.4, -0.2) is 35.8 Å². The van der Waals surface area contributed by atoms with Gasteiger partial charge in [0.1, 0.15) is 5.75 Å². The minimum Gasteiger partial charge on any atom is -0.495 e. The largest absolute Gasteiger partial charge is 0.495 e. The Labute approximate surface area is 206 Å². The Morgan fingerprint density at radius 3 is 2.20 bits per heavy atom. The van der Waals surface area contributed by atoms with E-state index in [0.29, 0.717) is 27.9 Å². The summed E-state index contributed by atoms with van der Waals surface area (Å²) in [5.41, 5.74) is 1.53. The van der Waals surface area contributed by atoms with Crippen molar-refractivity contribution < 1.29 is 24.2 Å². The average molecular weight is 487 g/mol. The van der Waals surface area contributed by atoms with Gasteiger partial charge in [-0.3, -0.25) is 9.59 Å². The smallest absolute Gasteiger partial charge is 0.336 e. The van der Waals surface area contributed by atoms with Crippen molar-refractivity contribution >= 4 is 51.7 Å². The van der Waals surface area contributed by atoms with E-state index >= 15 is 0 Å². The number of carboxylic acids is 1. The molecule has 0 heterocycles. The van der Waals surface area contributed by atoms with Crippen molar-refractivity contribution in [3.05, 3.63) is 96.1 Å². The van der Waals surface area contributed by atoms with Gasteiger partial charge >= 0.3 is 5.97 Å². The molecular formula is C27H22N2O5S. The molecular weight excluding hydrogens is 464 g/mol. The third kappa shape index (κ3) is 5.62. The standard InChI is InChI=1S/C27H22N2O5S/c1-34-23-11-3-2-10-22(23)29-24(30)16-35-19-14-12-18(13-15-19)28-26(31)20-8-4-6-17-7-5-9-21(25(17)20)27(32)33/h2-15H,16H2,1H3,(H,28,31)(H,29,30)(H,32,33). The van der Waals surface area contributed by atoms with Gasteiger partial charge in [-0.05, 0) is 53.9 Å². The van der Waals surface area contributed by atoms with Crippen LogP contribution in [0.2, 0.25) is 0 Å². The lowest BCUT2D eigenvalue weighted by atomic mass is 9.98. The normalized spacial score (nSPS) is 10.5. The number of benzene rings is 4. The van der Waals surface area contributed by atoms with Crippen LogP contribution in [0.3, 0.4) is 0 Å². The Hall–Kier alpha value is -4.30. The maximum Gasteiger partial charge on any atom is 0.336 e. The molecule has 4 rings (SSSR count). The quantitative estimate of drug-likeness (QED) is 0.283. The van der Waals surface area contributed by atoms with E-state index < -0.39 is 11.9 Å². The number of anilines is 2. The van der Waals surface area contributed by atoms with Crippen LogP contribution in [-0.2, 0) is 4.79 Å². The second kappa shape index (κ2) is 10.8. The van der Waals surface area contributed by atoms with E-state index in [1.165, 1.54) is 17.8 Å². The molecule has 8 heteroatoms. The number of fused-ring (bicyclic) bond motifs is 1. The molecule has 0 saturated heterocycles. The molecule has 0 atom stereocenters. The topological polar surface area (TPSA) is 105 Å². The van der Waals surface area contributed by atoms with Crippen LogP contribution in [0.15, 0.2) is 89.8 Å². The number of para-hydroxylation sites is 2. The molecule has 7 nitrogen and oxygen atoms in total. The van der Waals surface area contributed by atoms with Crippen molar-refractivity contribution in [2.75, 3.05) is 23.5 Å². The fourth-order valence-electron chi connectivity index (χ4n) is 3.62. The van der Waals surface area contributed by atoms with Crippen LogP contribution < -0.4 is 15.4 Å². The van der Waals surface area contributed by atoms with E-state index in [1.807, 2.05) is 24.3 Å². The first-order chi connectivity index (χ1) is 17.0. The summed E-state index contributed by atoms with van der Waals surface area (Å²) in [4.78, 5) is 37.8. The number of nitrogens with one attached hydrogen (secondary N) is 2. The Balaban J connectivity index is 1.40. The molecule has 0 aliphatic rings. The van der Waals surface area contributed by atoms with Crippen LogP contribution in [0.4, 0.5) is 11.4 Å². The number of hydrogen-bond acceptors (Lipinski definition) is 5. The van der Waals surface area contributed by atoms with Crippen LogP contribution in [0.5, 0.6) is 5.75 Å². The Kier molecular flexibility index (Phi) is 7.32. The highest BCUT2D eigenvalue weighted by Crippen LogP contribution is 2.26. The fourth-order valence-corrected chi connectivity index (χ4v) is 4.32. The number of carbonyl (C=O) groups excluding carboxylic acids is 2. The van der Waals surface area contributed by atoms with Crippen LogP contribution in [0.1, 0.15) is 20.7 Å². The number of amides is 2. The third-order valence-electron chi connectivity index (χ3n) is 5.24. The second-order valence-corrected chi connectivity index (χ2v) is 8.58. The molecule has 4 aromatic rings. The minimum absolute atomic E-state index is 0.0754. The number of thioether (sulfide) groups is 1. The van der Waals surface area contributed by atoms with E-state index in [-0.39, 0.29) is 22.8 Å². The van der Waals surface area contributed by atoms with E-state index in [4.69, 9.17) is 4.74 Å². The molecule has 4 aromatic carbocycles. The monoisotopic (exact) mass is 486 g/mol. The van der Waals surface area contributed by atoms with Gasteiger partial charge in [-0.2, -0.15) is 0 Å². The van der Waals surface area contributed by atoms with Gasteiger partial charge in [0, 0.05) is 21.5 Å². The first-order valence-corrected chi connectivity index (χ1v) is 11.7. The number of rotatable bonds is 8. The van der Waals surface area contributed by atoms with Crippen LogP contribution in [0.25, 0.3) is 10.8 Å². The van der Waals surface area contributed by atoms with Gasteiger partial charge < -0.3 is 20.5 Å². The summed E-state index contributed by atoms with van der Waals surface area (Å²) >= 11 is 1.36. The molecule has 35 heavy (non-hydrogen) atoms. The van der Waals surface area contributed by atoms with Crippen molar-refractivity contribution in [3.63, 3.8) is 0 Å². The third-order valence-corrected chi connectivity index (χ3v) is 6.25. The fraction of sp³-hybridized carbons (Fsp3) is 0.0741. The molecule has 0 radical (unpaired) electrons. The van der Waals surface area contributed by atoms with E-state index in [1.54, 1.807) is 61.7 Å². The summed E-state index contributed by atoms with van der Waals surface area (Å²) in [7, 11) is 1.55. The number of carboxylic acid groups (broad SMARTS) is 1. The molecule has 0 bridgehead atoms. The average Bonchev–Trinajstić information content (AvgIpc) is 2.87.